The summed E-state index contributed by atoms with van der Waals surface area (Å²) in [7, 11) is 0. The van der Waals surface area contributed by atoms with Crippen LogP contribution in [0.2, 0.25) is 0 Å². The van der Waals surface area contributed by atoms with Crippen LogP contribution in [0.5, 0.6) is 17.2 Å². The Kier molecular flexibility index (Phi) is 8.06. The zero-order valence-corrected chi connectivity index (χ0v) is 18.7. The van der Waals surface area contributed by atoms with Crippen LogP contribution in [0, 0.1) is 0 Å². The first-order chi connectivity index (χ1) is 15.1. The number of hydrogen-bond acceptors (Lipinski definition) is 6. The van der Waals surface area contributed by atoms with Gasteiger partial charge in [-0.3, -0.25) is 10.1 Å². The number of ether oxygens (including phenoxy) is 3. The summed E-state index contributed by atoms with van der Waals surface area (Å²) < 4.78 is 16.9. The lowest BCUT2D eigenvalue weighted by Crippen LogP contribution is -2.07. The first-order valence-electron chi connectivity index (χ1n) is 10.2. The van der Waals surface area contributed by atoms with Crippen molar-refractivity contribution in [3.8, 4) is 28.5 Å². The molecule has 0 aliphatic rings. The zero-order valence-electron chi connectivity index (χ0n) is 17.9. The molecule has 1 amide bonds. The quantitative estimate of drug-likeness (QED) is 0.414. The number of rotatable bonds is 10. The first-order valence-corrected chi connectivity index (χ1v) is 11.1. The molecule has 3 aromatic rings. The van der Waals surface area contributed by atoms with Crippen LogP contribution in [0.1, 0.15) is 26.3 Å². The number of carbonyl (C=O) groups is 1. The van der Waals surface area contributed by atoms with Gasteiger partial charge in [-0.1, -0.05) is 18.2 Å². The van der Waals surface area contributed by atoms with Gasteiger partial charge in [0.2, 0.25) is 5.91 Å². The number of hydrogen-bond donors (Lipinski definition) is 1. The standard InChI is InChI=1S/C24H26N2O4S/c1-4-28-20-10-8-7-9-18(20)19-16-31-24(25-19)26-23(27)14-12-17-11-13-21(29-5-2)22(15-17)30-6-3/h7-16H,4-6H2,1-3H3,(H,25,26,27)/b14-12+. The number of nitrogens with one attached hydrogen (secondary N) is 1. The van der Waals surface area contributed by atoms with E-state index in [1.54, 1.807) is 6.08 Å². The highest BCUT2D eigenvalue weighted by Crippen LogP contribution is 2.32. The van der Waals surface area contributed by atoms with E-state index in [0.717, 1.165) is 22.6 Å². The molecule has 31 heavy (non-hydrogen) atoms. The summed E-state index contributed by atoms with van der Waals surface area (Å²) in [5.41, 5.74) is 2.50. The van der Waals surface area contributed by atoms with E-state index in [1.807, 2.05) is 68.6 Å². The monoisotopic (exact) mass is 438 g/mol. The van der Waals surface area contributed by atoms with E-state index in [4.69, 9.17) is 14.2 Å². The molecule has 0 aliphatic carbocycles. The summed E-state index contributed by atoms with van der Waals surface area (Å²) in [4.78, 5) is 16.9. The summed E-state index contributed by atoms with van der Waals surface area (Å²) in [6, 6.07) is 13.3. The molecule has 2 aromatic carbocycles. The van der Waals surface area contributed by atoms with Crippen LogP contribution in [-0.2, 0) is 4.79 Å². The van der Waals surface area contributed by atoms with Crippen molar-refractivity contribution in [2.75, 3.05) is 25.1 Å². The van der Waals surface area contributed by atoms with Crippen LogP contribution in [0.4, 0.5) is 5.13 Å². The highest BCUT2D eigenvalue weighted by atomic mass is 32.1. The van der Waals surface area contributed by atoms with Crippen LogP contribution in [0.15, 0.2) is 53.9 Å². The lowest BCUT2D eigenvalue weighted by molar-refractivity contribution is -0.111. The third kappa shape index (κ3) is 6.08. The number of benzene rings is 2. The number of aromatic nitrogens is 1. The van der Waals surface area contributed by atoms with Crippen LogP contribution in [-0.4, -0.2) is 30.7 Å². The minimum Gasteiger partial charge on any atom is -0.493 e. The Morgan fingerprint density at radius 1 is 0.968 bits per heavy atom. The molecule has 7 heteroatoms. The Balaban J connectivity index is 1.68. The molecule has 0 fully saturated rings. The largest absolute Gasteiger partial charge is 0.493 e. The van der Waals surface area contributed by atoms with Gasteiger partial charge in [-0.2, -0.15) is 0 Å². The maximum absolute atomic E-state index is 12.4. The second-order valence-electron chi connectivity index (χ2n) is 6.36. The van der Waals surface area contributed by atoms with Crippen LogP contribution >= 0.6 is 11.3 Å². The molecule has 1 heterocycles. The molecule has 6 nitrogen and oxygen atoms in total. The van der Waals surface area contributed by atoms with Crippen molar-refractivity contribution in [2.24, 2.45) is 0 Å². The predicted octanol–water partition coefficient (Wildman–Crippen LogP) is 5.66. The van der Waals surface area contributed by atoms with Gasteiger partial charge in [0.05, 0.1) is 25.5 Å². The Labute approximate surface area is 186 Å². The van der Waals surface area contributed by atoms with Crippen molar-refractivity contribution in [2.45, 2.75) is 20.8 Å². The van der Waals surface area contributed by atoms with E-state index in [2.05, 4.69) is 10.3 Å². The highest BCUT2D eigenvalue weighted by Gasteiger charge is 2.11. The molecule has 0 saturated heterocycles. The fourth-order valence-corrected chi connectivity index (χ4v) is 3.62. The van der Waals surface area contributed by atoms with Gasteiger partial charge in [0.1, 0.15) is 5.75 Å². The summed E-state index contributed by atoms with van der Waals surface area (Å²) in [5.74, 6) is 1.86. The Morgan fingerprint density at radius 3 is 2.45 bits per heavy atom. The maximum atomic E-state index is 12.4. The van der Waals surface area contributed by atoms with Gasteiger partial charge in [0.25, 0.3) is 0 Å². The van der Waals surface area contributed by atoms with Crippen molar-refractivity contribution in [1.29, 1.82) is 0 Å². The number of para-hydroxylation sites is 1. The normalized spacial score (nSPS) is 10.8. The smallest absolute Gasteiger partial charge is 0.250 e. The van der Waals surface area contributed by atoms with Gasteiger partial charge >= 0.3 is 0 Å². The number of thiazole rings is 1. The number of anilines is 1. The highest BCUT2D eigenvalue weighted by molar-refractivity contribution is 7.14. The lowest BCUT2D eigenvalue weighted by Gasteiger charge is -2.11. The first kappa shape index (κ1) is 22.4. The zero-order chi connectivity index (χ0) is 22.1. The van der Waals surface area contributed by atoms with Crippen molar-refractivity contribution < 1.29 is 19.0 Å². The molecule has 3 rings (SSSR count). The van der Waals surface area contributed by atoms with Gasteiger partial charge in [-0.15, -0.1) is 11.3 Å². The third-order valence-electron chi connectivity index (χ3n) is 4.19. The molecule has 0 spiro atoms. The van der Waals surface area contributed by atoms with Gasteiger partial charge in [-0.25, -0.2) is 4.98 Å². The van der Waals surface area contributed by atoms with Gasteiger partial charge in [-0.05, 0) is 56.7 Å². The van der Waals surface area contributed by atoms with E-state index in [-0.39, 0.29) is 5.91 Å². The Hall–Kier alpha value is -3.32. The number of carbonyl (C=O) groups excluding carboxylic acids is 1. The van der Waals surface area contributed by atoms with Gasteiger partial charge in [0.15, 0.2) is 16.6 Å². The maximum Gasteiger partial charge on any atom is 0.250 e. The van der Waals surface area contributed by atoms with E-state index in [9.17, 15) is 4.79 Å². The van der Waals surface area contributed by atoms with Crippen molar-refractivity contribution in [3.05, 3.63) is 59.5 Å². The van der Waals surface area contributed by atoms with E-state index in [1.165, 1.54) is 17.4 Å². The molecule has 0 saturated carbocycles. The molecular formula is C24H26N2O4S. The van der Waals surface area contributed by atoms with Crippen LogP contribution in [0.25, 0.3) is 17.3 Å². The molecule has 0 unspecified atom stereocenters. The fourth-order valence-electron chi connectivity index (χ4n) is 2.90. The summed E-state index contributed by atoms with van der Waals surface area (Å²) >= 11 is 1.37. The summed E-state index contributed by atoms with van der Waals surface area (Å²) in [6.45, 7) is 7.45. The topological polar surface area (TPSA) is 69.7 Å². The van der Waals surface area contributed by atoms with Gasteiger partial charge < -0.3 is 14.2 Å². The molecule has 0 aliphatic heterocycles. The van der Waals surface area contributed by atoms with Crippen molar-refractivity contribution >= 4 is 28.5 Å². The number of amides is 1. The summed E-state index contributed by atoms with van der Waals surface area (Å²) in [5, 5.41) is 5.24. The predicted molar refractivity (Wildman–Crippen MR) is 125 cm³/mol. The van der Waals surface area contributed by atoms with E-state index in [0.29, 0.717) is 36.5 Å². The minimum absolute atomic E-state index is 0.258. The van der Waals surface area contributed by atoms with E-state index >= 15 is 0 Å². The molecule has 0 radical (unpaired) electrons. The Morgan fingerprint density at radius 2 is 1.68 bits per heavy atom. The third-order valence-corrected chi connectivity index (χ3v) is 4.95. The SMILES string of the molecule is CCOc1ccc(/C=C/C(=O)Nc2nc(-c3ccccc3OCC)cs2)cc1OCC. The van der Waals surface area contributed by atoms with Crippen LogP contribution < -0.4 is 19.5 Å². The molecule has 0 atom stereocenters. The minimum atomic E-state index is -0.258. The second-order valence-corrected chi connectivity index (χ2v) is 7.22. The lowest BCUT2D eigenvalue weighted by atomic mass is 10.1. The van der Waals surface area contributed by atoms with Crippen molar-refractivity contribution in [1.82, 2.24) is 4.98 Å². The number of nitrogens with zero attached hydrogens (tertiary/aromatic N) is 1. The second kappa shape index (κ2) is 11.2. The average Bonchev–Trinajstić information content (AvgIpc) is 3.23. The molecule has 0 bridgehead atoms. The fraction of sp³-hybridized carbons (Fsp3) is 0.250. The molecule has 1 aromatic heterocycles. The average molecular weight is 439 g/mol. The summed E-state index contributed by atoms with van der Waals surface area (Å²) in [6.07, 6.45) is 3.20. The molecule has 162 valence electrons. The Bertz CT molecular complexity index is 1050. The van der Waals surface area contributed by atoms with Gasteiger partial charge in [0, 0.05) is 17.0 Å². The molecular weight excluding hydrogens is 412 g/mol. The molecule has 1 N–H and O–H groups in total. The van der Waals surface area contributed by atoms with Crippen LogP contribution in [0.3, 0.4) is 0 Å². The van der Waals surface area contributed by atoms with Crippen molar-refractivity contribution in [3.63, 3.8) is 0 Å². The van der Waals surface area contributed by atoms with E-state index < -0.39 is 0 Å².